The molecule has 0 aromatic carbocycles. The van der Waals surface area contributed by atoms with Gasteiger partial charge in [-0.3, -0.25) is 4.79 Å². The fourth-order valence-corrected chi connectivity index (χ4v) is 9.03. The molecule has 0 bridgehead atoms. The molecule has 5 heteroatoms. The Hall–Kier alpha value is -1.26. The number of tetrazole rings is 1. The molecular formula is C25H40N4O. The topological polar surface area (TPSA) is 60.7 Å². The molecule has 9 unspecified atom stereocenters. The summed E-state index contributed by atoms with van der Waals surface area (Å²) in [7, 11) is 0. The van der Waals surface area contributed by atoms with Crippen molar-refractivity contribution in [2.24, 2.45) is 52.3 Å². The van der Waals surface area contributed by atoms with E-state index >= 15 is 0 Å². The molecule has 1 aromatic heterocycles. The third-order valence-corrected chi connectivity index (χ3v) is 10.7. The Balaban J connectivity index is 1.39. The first kappa shape index (κ1) is 20.6. The maximum Gasteiger partial charge on any atom is 0.158 e. The minimum absolute atomic E-state index is 0.166. The second kappa shape index (κ2) is 7.13. The van der Waals surface area contributed by atoms with E-state index in [1.807, 2.05) is 6.92 Å². The molecule has 4 aliphatic carbocycles. The van der Waals surface area contributed by atoms with Crippen LogP contribution in [-0.2, 0) is 11.3 Å². The lowest BCUT2D eigenvalue weighted by atomic mass is 9.42. The van der Waals surface area contributed by atoms with Gasteiger partial charge in [0, 0.05) is 5.92 Å². The van der Waals surface area contributed by atoms with E-state index in [-0.39, 0.29) is 11.3 Å². The number of carbonyl (C=O) groups is 1. The van der Waals surface area contributed by atoms with Crippen LogP contribution in [-0.4, -0.2) is 26.0 Å². The Morgan fingerprint density at radius 1 is 1.03 bits per heavy atom. The van der Waals surface area contributed by atoms with Crippen LogP contribution in [0.25, 0.3) is 0 Å². The van der Waals surface area contributed by atoms with Crippen molar-refractivity contribution in [3.63, 3.8) is 0 Å². The molecule has 5 rings (SSSR count). The average Bonchev–Trinajstić information content (AvgIpc) is 3.26. The predicted molar refractivity (Wildman–Crippen MR) is 116 cm³/mol. The summed E-state index contributed by atoms with van der Waals surface area (Å²) in [5, 5.41) is 11.7. The molecule has 0 N–H and O–H groups in total. The molecule has 4 saturated carbocycles. The molecule has 166 valence electrons. The molecule has 0 saturated heterocycles. The van der Waals surface area contributed by atoms with E-state index in [2.05, 4.69) is 43.2 Å². The summed E-state index contributed by atoms with van der Waals surface area (Å²) in [5.41, 5.74) is 0.705. The predicted octanol–water partition coefficient (Wildman–Crippen LogP) is 5.09. The molecule has 0 amide bonds. The zero-order valence-corrected chi connectivity index (χ0v) is 19.6. The molecule has 0 radical (unpaired) electrons. The second-order valence-electron chi connectivity index (χ2n) is 12.1. The summed E-state index contributed by atoms with van der Waals surface area (Å²) in [6, 6.07) is 0. The summed E-state index contributed by atoms with van der Waals surface area (Å²) in [4.78, 5) is 13.4. The van der Waals surface area contributed by atoms with Gasteiger partial charge in [-0.1, -0.05) is 34.1 Å². The van der Waals surface area contributed by atoms with E-state index in [1.165, 1.54) is 44.9 Å². The Labute approximate surface area is 181 Å². The number of hydrogen-bond acceptors (Lipinski definition) is 4. The maximum atomic E-state index is 13.4. The van der Waals surface area contributed by atoms with E-state index in [4.69, 9.17) is 0 Å². The molecule has 5 nitrogen and oxygen atoms in total. The summed E-state index contributed by atoms with van der Waals surface area (Å²) >= 11 is 0. The SMILES string of the molecule is Cc1nnnn1CC(=O)C1CCC2C3C(C)CC4CC(C)CCC4(C)C3CCC12C. The molecular weight excluding hydrogens is 372 g/mol. The van der Waals surface area contributed by atoms with Crippen molar-refractivity contribution >= 4 is 5.78 Å². The lowest BCUT2D eigenvalue weighted by Gasteiger charge is -2.63. The van der Waals surface area contributed by atoms with E-state index in [9.17, 15) is 4.79 Å². The van der Waals surface area contributed by atoms with Crippen molar-refractivity contribution < 1.29 is 4.79 Å². The average molecular weight is 413 g/mol. The molecule has 9 atom stereocenters. The largest absolute Gasteiger partial charge is 0.297 e. The van der Waals surface area contributed by atoms with Crippen molar-refractivity contribution in [1.29, 1.82) is 0 Å². The Kier molecular flexibility index (Phi) is 4.90. The van der Waals surface area contributed by atoms with E-state index in [1.54, 1.807) is 4.68 Å². The fourth-order valence-electron chi connectivity index (χ4n) is 9.03. The Morgan fingerprint density at radius 3 is 2.50 bits per heavy atom. The fraction of sp³-hybridized carbons (Fsp3) is 0.920. The number of carbonyl (C=O) groups excluding carboxylic acids is 1. The van der Waals surface area contributed by atoms with E-state index < -0.39 is 0 Å². The summed E-state index contributed by atoms with van der Waals surface area (Å²) < 4.78 is 1.68. The molecule has 30 heavy (non-hydrogen) atoms. The standard InChI is InChI=1S/C25H40N4O/c1-15-8-10-24(4)18(12-15)13-16(2)23-20-7-6-19(25(20,5)11-9-21(23)24)22(30)14-29-17(3)26-27-28-29/h15-16,18-21,23H,6-14H2,1-5H3. The lowest BCUT2D eigenvalue weighted by molar-refractivity contribution is -0.148. The number of hydrogen-bond donors (Lipinski definition) is 0. The van der Waals surface area contributed by atoms with Crippen LogP contribution in [0.15, 0.2) is 0 Å². The molecule has 0 aliphatic heterocycles. The van der Waals surface area contributed by atoms with Crippen molar-refractivity contribution in [1.82, 2.24) is 20.2 Å². The quantitative estimate of drug-likeness (QED) is 0.693. The molecule has 4 aliphatic rings. The van der Waals surface area contributed by atoms with Gasteiger partial charge < -0.3 is 0 Å². The zero-order valence-electron chi connectivity index (χ0n) is 19.6. The van der Waals surface area contributed by atoms with Gasteiger partial charge in [-0.05, 0) is 109 Å². The van der Waals surface area contributed by atoms with Crippen LogP contribution >= 0.6 is 0 Å². The molecule has 1 aromatic rings. The van der Waals surface area contributed by atoms with Gasteiger partial charge in [0.1, 0.15) is 12.4 Å². The minimum atomic E-state index is 0.166. The van der Waals surface area contributed by atoms with Gasteiger partial charge >= 0.3 is 0 Å². The van der Waals surface area contributed by atoms with E-state index in [0.717, 1.165) is 41.8 Å². The Morgan fingerprint density at radius 2 is 1.77 bits per heavy atom. The van der Waals surface area contributed by atoms with Gasteiger partial charge in [-0.15, -0.1) is 5.10 Å². The first-order valence-electron chi connectivity index (χ1n) is 12.5. The van der Waals surface area contributed by atoms with Gasteiger partial charge in [0.25, 0.3) is 0 Å². The van der Waals surface area contributed by atoms with Crippen molar-refractivity contribution in [3.8, 4) is 0 Å². The highest BCUT2D eigenvalue weighted by Crippen LogP contribution is 2.69. The van der Waals surface area contributed by atoms with Gasteiger partial charge in [-0.25, -0.2) is 4.68 Å². The number of Topliss-reactive ketones (excluding diaryl/α,β-unsaturated/α-hetero) is 1. The minimum Gasteiger partial charge on any atom is -0.297 e. The van der Waals surface area contributed by atoms with Crippen LogP contribution < -0.4 is 0 Å². The maximum absolute atomic E-state index is 13.4. The number of aromatic nitrogens is 4. The van der Waals surface area contributed by atoms with Crippen molar-refractivity contribution in [2.45, 2.75) is 92.5 Å². The lowest BCUT2D eigenvalue weighted by Crippen LogP contribution is -2.56. The first-order chi connectivity index (χ1) is 14.2. The van der Waals surface area contributed by atoms with Gasteiger partial charge in [0.05, 0.1) is 0 Å². The number of fused-ring (bicyclic) bond motifs is 5. The number of rotatable bonds is 3. The monoisotopic (exact) mass is 412 g/mol. The van der Waals surface area contributed by atoms with Crippen molar-refractivity contribution in [3.05, 3.63) is 5.82 Å². The van der Waals surface area contributed by atoms with Crippen LogP contribution in [0, 0.1) is 59.2 Å². The normalized spacial score (nSPS) is 48.0. The highest BCUT2D eigenvalue weighted by atomic mass is 16.1. The molecule has 0 spiro atoms. The van der Waals surface area contributed by atoms with E-state index in [0.29, 0.717) is 23.7 Å². The van der Waals surface area contributed by atoms with Crippen LogP contribution in [0.4, 0.5) is 0 Å². The van der Waals surface area contributed by atoms with Gasteiger partial charge in [0.2, 0.25) is 0 Å². The first-order valence-corrected chi connectivity index (χ1v) is 12.5. The Bertz CT molecular complexity index is 820. The molecule has 4 fully saturated rings. The summed E-state index contributed by atoms with van der Waals surface area (Å²) in [5.74, 6) is 6.29. The summed E-state index contributed by atoms with van der Waals surface area (Å²) in [6.07, 6.45) is 10.6. The number of aryl methyl sites for hydroxylation is 1. The van der Waals surface area contributed by atoms with Gasteiger partial charge in [0.15, 0.2) is 5.78 Å². The van der Waals surface area contributed by atoms with Crippen LogP contribution in [0.5, 0.6) is 0 Å². The molecule has 1 heterocycles. The summed E-state index contributed by atoms with van der Waals surface area (Å²) in [6.45, 7) is 12.3. The van der Waals surface area contributed by atoms with Gasteiger partial charge in [-0.2, -0.15) is 0 Å². The van der Waals surface area contributed by atoms with Crippen molar-refractivity contribution in [2.75, 3.05) is 0 Å². The third kappa shape index (κ3) is 2.93. The van der Waals surface area contributed by atoms with Crippen LogP contribution in [0.2, 0.25) is 0 Å². The smallest absolute Gasteiger partial charge is 0.158 e. The highest BCUT2D eigenvalue weighted by Gasteiger charge is 2.62. The second-order valence-corrected chi connectivity index (χ2v) is 12.1. The third-order valence-electron chi connectivity index (χ3n) is 10.7. The van der Waals surface area contributed by atoms with Crippen LogP contribution in [0.3, 0.4) is 0 Å². The highest BCUT2D eigenvalue weighted by molar-refractivity contribution is 5.82. The van der Waals surface area contributed by atoms with Crippen LogP contribution in [0.1, 0.15) is 84.9 Å². The number of ketones is 1. The zero-order chi connectivity index (χ0) is 21.3. The number of nitrogens with zero attached hydrogens (tertiary/aromatic N) is 4.